The SMILES string of the molecule is O=Cc1c[nH]c2cccc(O)c12.[Y]. The zero-order chi connectivity index (χ0) is 8.55. The fourth-order valence-corrected chi connectivity index (χ4v) is 1.28. The van der Waals surface area contributed by atoms with E-state index < -0.39 is 0 Å². The number of nitrogens with one attached hydrogen (secondary N) is 1. The first-order valence-electron chi connectivity index (χ1n) is 3.57. The summed E-state index contributed by atoms with van der Waals surface area (Å²) in [5, 5.41) is 9.98. The van der Waals surface area contributed by atoms with Crippen LogP contribution in [-0.2, 0) is 32.7 Å². The van der Waals surface area contributed by atoms with E-state index in [0.29, 0.717) is 10.9 Å². The predicted octanol–water partition coefficient (Wildman–Crippen LogP) is 1.68. The van der Waals surface area contributed by atoms with Gasteiger partial charge < -0.3 is 10.1 Å². The third-order valence-electron chi connectivity index (χ3n) is 1.84. The van der Waals surface area contributed by atoms with Crippen LogP contribution in [0.1, 0.15) is 10.4 Å². The molecule has 2 N–H and O–H groups in total. The molecule has 0 aliphatic rings. The number of phenols is 1. The van der Waals surface area contributed by atoms with Crippen LogP contribution in [0.2, 0.25) is 0 Å². The molecule has 3 nitrogen and oxygen atoms in total. The Hall–Kier alpha value is -0.666. The number of aromatic amines is 1. The summed E-state index contributed by atoms with van der Waals surface area (Å²) in [7, 11) is 0. The number of aldehydes is 1. The van der Waals surface area contributed by atoms with Crippen molar-refractivity contribution in [2.45, 2.75) is 0 Å². The Morgan fingerprint density at radius 3 is 2.85 bits per heavy atom. The molecular weight excluding hydrogens is 243 g/mol. The van der Waals surface area contributed by atoms with E-state index in [4.69, 9.17) is 0 Å². The Morgan fingerprint density at radius 2 is 2.15 bits per heavy atom. The fraction of sp³-hybridized carbons (Fsp3) is 0. The van der Waals surface area contributed by atoms with Gasteiger partial charge in [0.05, 0.1) is 5.39 Å². The zero-order valence-corrected chi connectivity index (χ0v) is 9.66. The second kappa shape index (κ2) is 4.03. The average Bonchev–Trinajstić information content (AvgIpc) is 2.49. The van der Waals surface area contributed by atoms with Gasteiger partial charge >= 0.3 is 0 Å². The third kappa shape index (κ3) is 1.67. The number of carbonyl (C=O) groups excluding carboxylic acids is 1. The normalized spacial score (nSPS) is 9.54. The maximum atomic E-state index is 10.5. The van der Waals surface area contributed by atoms with Crippen molar-refractivity contribution in [3.63, 3.8) is 0 Å². The molecule has 13 heavy (non-hydrogen) atoms. The summed E-state index contributed by atoms with van der Waals surface area (Å²) < 4.78 is 0. The number of rotatable bonds is 1. The van der Waals surface area contributed by atoms with Crippen molar-refractivity contribution in [3.8, 4) is 5.75 Å². The molecule has 0 spiro atoms. The number of aromatic hydroxyl groups is 1. The van der Waals surface area contributed by atoms with E-state index in [1.54, 1.807) is 18.3 Å². The maximum absolute atomic E-state index is 10.5. The second-order valence-electron chi connectivity index (χ2n) is 2.56. The second-order valence-corrected chi connectivity index (χ2v) is 2.56. The topological polar surface area (TPSA) is 53.1 Å². The van der Waals surface area contributed by atoms with Crippen LogP contribution in [0.4, 0.5) is 0 Å². The molecule has 63 valence electrons. The van der Waals surface area contributed by atoms with Crippen LogP contribution < -0.4 is 0 Å². The summed E-state index contributed by atoms with van der Waals surface area (Å²) in [6, 6.07) is 5.09. The van der Waals surface area contributed by atoms with Gasteiger partial charge in [-0.3, -0.25) is 4.79 Å². The minimum absolute atomic E-state index is 0. The standard InChI is InChI=1S/C9H7NO2.Y/c11-5-6-4-10-7-2-1-3-8(12)9(6)7;/h1-5,10,12H;. The van der Waals surface area contributed by atoms with Gasteiger partial charge in [-0.15, -0.1) is 0 Å². The number of aromatic nitrogens is 1. The van der Waals surface area contributed by atoms with E-state index in [2.05, 4.69) is 4.98 Å². The Bertz CT molecular complexity index is 436. The van der Waals surface area contributed by atoms with Crippen LogP contribution in [0, 0.1) is 0 Å². The first-order valence-corrected chi connectivity index (χ1v) is 3.57. The van der Waals surface area contributed by atoms with Crippen molar-refractivity contribution < 1.29 is 42.6 Å². The van der Waals surface area contributed by atoms with E-state index in [9.17, 15) is 9.90 Å². The Kier molecular flexibility index (Phi) is 3.23. The van der Waals surface area contributed by atoms with Gasteiger partial charge in [0.2, 0.25) is 0 Å². The summed E-state index contributed by atoms with van der Waals surface area (Å²) in [6.07, 6.45) is 2.30. The van der Waals surface area contributed by atoms with E-state index in [1.165, 1.54) is 0 Å². The van der Waals surface area contributed by atoms with Crippen LogP contribution in [0.15, 0.2) is 24.4 Å². The number of hydrogen-bond acceptors (Lipinski definition) is 2. The molecule has 2 rings (SSSR count). The van der Waals surface area contributed by atoms with Crippen LogP contribution in [0.3, 0.4) is 0 Å². The minimum Gasteiger partial charge on any atom is -0.507 e. The van der Waals surface area contributed by atoms with Crippen LogP contribution in [-0.4, -0.2) is 16.4 Å². The van der Waals surface area contributed by atoms with Crippen molar-refractivity contribution in [2.24, 2.45) is 0 Å². The molecule has 1 aromatic carbocycles. The van der Waals surface area contributed by atoms with Crippen LogP contribution >= 0.6 is 0 Å². The molecule has 0 fully saturated rings. The first kappa shape index (κ1) is 10.4. The molecule has 0 saturated heterocycles. The summed E-state index contributed by atoms with van der Waals surface area (Å²) in [4.78, 5) is 13.4. The van der Waals surface area contributed by atoms with E-state index in [0.717, 1.165) is 11.8 Å². The smallest absolute Gasteiger partial charge is 0.152 e. The summed E-state index contributed by atoms with van der Waals surface area (Å²) in [5.74, 6) is 0.135. The molecule has 2 aromatic rings. The van der Waals surface area contributed by atoms with Crippen molar-refractivity contribution >= 4 is 17.2 Å². The zero-order valence-electron chi connectivity index (χ0n) is 6.82. The number of benzene rings is 1. The average molecular weight is 250 g/mol. The first-order chi connectivity index (χ1) is 5.83. The molecular formula is C9H7NO2Y. The van der Waals surface area contributed by atoms with Gasteiger partial charge in [0.25, 0.3) is 0 Å². The van der Waals surface area contributed by atoms with E-state index >= 15 is 0 Å². The van der Waals surface area contributed by atoms with Gasteiger partial charge in [0.15, 0.2) is 6.29 Å². The molecule has 1 heterocycles. The number of carbonyl (C=O) groups is 1. The number of phenolic OH excluding ortho intramolecular Hbond substituents is 1. The van der Waals surface area contributed by atoms with Crippen molar-refractivity contribution in [1.82, 2.24) is 4.98 Å². The van der Waals surface area contributed by atoms with Gasteiger partial charge in [0.1, 0.15) is 5.75 Å². The fourth-order valence-electron chi connectivity index (χ4n) is 1.28. The summed E-state index contributed by atoms with van der Waals surface area (Å²) in [5.41, 5.74) is 1.26. The molecule has 0 atom stereocenters. The van der Waals surface area contributed by atoms with Crippen molar-refractivity contribution in [3.05, 3.63) is 30.0 Å². The summed E-state index contributed by atoms with van der Waals surface area (Å²) in [6.45, 7) is 0. The number of hydrogen-bond donors (Lipinski definition) is 2. The predicted molar refractivity (Wildman–Crippen MR) is 45.4 cm³/mol. The maximum Gasteiger partial charge on any atom is 0.152 e. The molecule has 0 bridgehead atoms. The molecule has 0 unspecified atom stereocenters. The Labute approximate surface area is 100 Å². The number of H-pyrrole nitrogens is 1. The molecule has 0 aliphatic carbocycles. The molecule has 4 heteroatoms. The Morgan fingerprint density at radius 1 is 1.38 bits per heavy atom. The van der Waals surface area contributed by atoms with E-state index in [-0.39, 0.29) is 38.5 Å². The van der Waals surface area contributed by atoms with Gasteiger partial charge in [-0.25, -0.2) is 0 Å². The molecule has 1 aromatic heterocycles. The quantitative estimate of drug-likeness (QED) is 0.756. The minimum atomic E-state index is 0. The molecule has 1 radical (unpaired) electrons. The van der Waals surface area contributed by atoms with Gasteiger partial charge in [-0.2, -0.15) is 0 Å². The van der Waals surface area contributed by atoms with E-state index in [1.807, 2.05) is 6.07 Å². The Balaban J connectivity index is 0.000000845. The molecule has 0 aliphatic heterocycles. The monoisotopic (exact) mass is 250 g/mol. The van der Waals surface area contributed by atoms with Crippen molar-refractivity contribution in [1.29, 1.82) is 0 Å². The molecule has 0 saturated carbocycles. The largest absolute Gasteiger partial charge is 0.507 e. The van der Waals surface area contributed by atoms with Gasteiger partial charge in [0, 0.05) is 50.0 Å². The summed E-state index contributed by atoms with van der Waals surface area (Å²) >= 11 is 0. The third-order valence-corrected chi connectivity index (χ3v) is 1.84. The van der Waals surface area contributed by atoms with Crippen LogP contribution in [0.5, 0.6) is 5.75 Å². The van der Waals surface area contributed by atoms with Crippen molar-refractivity contribution in [2.75, 3.05) is 0 Å². The van der Waals surface area contributed by atoms with Gasteiger partial charge in [-0.1, -0.05) is 6.07 Å². The molecule has 0 amide bonds. The number of fused-ring (bicyclic) bond motifs is 1. The van der Waals surface area contributed by atoms with Crippen LogP contribution in [0.25, 0.3) is 10.9 Å². The van der Waals surface area contributed by atoms with Gasteiger partial charge in [-0.05, 0) is 12.1 Å².